The standard InChI is InChI=1S/C18H20N2O4S/c1-14(21)16-9-6-10-17(11-16)25(23,24)19-12-18(22)20(2)13-15-7-4-3-5-8-15/h3-11,19H,12-13H2,1-2H3. The van der Waals surface area contributed by atoms with Crippen molar-refractivity contribution in [3.8, 4) is 0 Å². The molecule has 0 aliphatic carbocycles. The van der Waals surface area contributed by atoms with E-state index in [1.54, 1.807) is 13.1 Å². The van der Waals surface area contributed by atoms with Crippen LogP contribution in [-0.2, 0) is 21.4 Å². The SMILES string of the molecule is CC(=O)c1cccc(S(=O)(=O)NCC(=O)N(C)Cc2ccccc2)c1. The quantitative estimate of drug-likeness (QED) is 0.764. The molecule has 0 fully saturated rings. The average molecular weight is 360 g/mol. The van der Waals surface area contributed by atoms with E-state index in [4.69, 9.17) is 0 Å². The van der Waals surface area contributed by atoms with E-state index in [0.717, 1.165) is 5.56 Å². The van der Waals surface area contributed by atoms with Gasteiger partial charge in [-0.3, -0.25) is 9.59 Å². The van der Waals surface area contributed by atoms with Crippen LogP contribution in [0.25, 0.3) is 0 Å². The van der Waals surface area contributed by atoms with Crippen molar-refractivity contribution in [1.29, 1.82) is 0 Å². The highest BCUT2D eigenvalue weighted by Gasteiger charge is 2.18. The number of benzene rings is 2. The predicted molar refractivity (Wildman–Crippen MR) is 94.6 cm³/mol. The van der Waals surface area contributed by atoms with Crippen LogP contribution in [0.3, 0.4) is 0 Å². The van der Waals surface area contributed by atoms with Gasteiger partial charge in [0.2, 0.25) is 15.9 Å². The number of carbonyl (C=O) groups excluding carboxylic acids is 2. The summed E-state index contributed by atoms with van der Waals surface area (Å²) in [5.74, 6) is -0.578. The molecule has 7 heteroatoms. The van der Waals surface area contributed by atoms with Gasteiger partial charge in [-0.25, -0.2) is 13.1 Å². The van der Waals surface area contributed by atoms with Gasteiger partial charge in [-0.2, -0.15) is 0 Å². The van der Waals surface area contributed by atoms with E-state index in [-0.39, 0.29) is 23.1 Å². The van der Waals surface area contributed by atoms with Crippen molar-refractivity contribution in [3.63, 3.8) is 0 Å². The highest BCUT2D eigenvalue weighted by Crippen LogP contribution is 2.12. The summed E-state index contributed by atoms with van der Waals surface area (Å²) >= 11 is 0. The molecule has 0 aliphatic heterocycles. The van der Waals surface area contributed by atoms with Crippen LogP contribution in [0, 0.1) is 0 Å². The van der Waals surface area contributed by atoms with E-state index in [1.807, 2.05) is 30.3 Å². The van der Waals surface area contributed by atoms with Crippen molar-refractivity contribution < 1.29 is 18.0 Å². The zero-order valence-corrected chi connectivity index (χ0v) is 14.9. The minimum absolute atomic E-state index is 0.0429. The second kappa shape index (κ2) is 8.04. The molecular weight excluding hydrogens is 340 g/mol. The Morgan fingerprint density at radius 2 is 1.72 bits per heavy atom. The fraction of sp³-hybridized carbons (Fsp3) is 0.222. The molecule has 2 aromatic carbocycles. The van der Waals surface area contributed by atoms with Crippen LogP contribution in [0.4, 0.5) is 0 Å². The highest BCUT2D eigenvalue weighted by molar-refractivity contribution is 7.89. The van der Waals surface area contributed by atoms with Crippen molar-refractivity contribution in [2.75, 3.05) is 13.6 Å². The maximum absolute atomic E-state index is 12.3. The molecule has 1 amide bonds. The van der Waals surface area contributed by atoms with Crippen molar-refractivity contribution >= 4 is 21.7 Å². The monoisotopic (exact) mass is 360 g/mol. The zero-order valence-electron chi connectivity index (χ0n) is 14.1. The highest BCUT2D eigenvalue weighted by atomic mass is 32.2. The summed E-state index contributed by atoms with van der Waals surface area (Å²) < 4.78 is 26.9. The van der Waals surface area contributed by atoms with Crippen LogP contribution < -0.4 is 4.72 Å². The summed E-state index contributed by atoms with van der Waals surface area (Å²) in [5, 5.41) is 0. The Morgan fingerprint density at radius 3 is 2.36 bits per heavy atom. The second-order valence-corrected chi connectivity index (χ2v) is 7.41. The van der Waals surface area contributed by atoms with E-state index in [1.165, 1.54) is 30.0 Å². The average Bonchev–Trinajstić information content (AvgIpc) is 2.60. The molecule has 2 rings (SSSR count). The van der Waals surface area contributed by atoms with Gasteiger partial charge in [-0.1, -0.05) is 42.5 Å². The Kier molecular flexibility index (Phi) is 6.06. The van der Waals surface area contributed by atoms with E-state index in [2.05, 4.69) is 4.72 Å². The smallest absolute Gasteiger partial charge is 0.241 e. The van der Waals surface area contributed by atoms with Gasteiger partial charge in [-0.15, -0.1) is 0 Å². The maximum atomic E-state index is 12.3. The molecule has 0 aliphatic rings. The number of sulfonamides is 1. The number of hydrogen-bond acceptors (Lipinski definition) is 4. The van der Waals surface area contributed by atoms with Crippen LogP contribution in [0.1, 0.15) is 22.8 Å². The number of likely N-dealkylation sites (N-methyl/N-ethyl adjacent to an activating group) is 1. The van der Waals surface area contributed by atoms with Gasteiger partial charge >= 0.3 is 0 Å². The molecular formula is C18H20N2O4S. The molecule has 0 bridgehead atoms. The largest absolute Gasteiger partial charge is 0.340 e. The number of nitrogens with one attached hydrogen (secondary N) is 1. The maximum Gasteiger partial charge on any atom is 0.241 e. The number of carbonyl (C=O) groups is 2. The summed E-state index contributed by atoms with van der Waals surface area (Å²) in [7, 11) is -2.26. The number of hydrogen-bond donors (Lipinski definition) is 1. The third-order valence-corrected chi connectivity index (χ3v) is 5.05. The van der Waals surface area contributed by atoms with Gasteiger partial charge in [0.05, 0.1) is 11.4 Å². The molecule has 0 heterocycles. The zero-order chi connectivity index (χ0) is 18.4. The van der Waals surface area contributed by atoms with Crippen LogP contribution >= 0.6 is 0 Å². The number of Topliss-reactive ketones (excluding diaryl/α,β-unsaturated/α-hetero) is 1. The van der Waals surface area contributed by atoms with Gasteiger partial charge in [-0.05, 0) is 24.6 Å². The number of nitrogens with zero attached hydrogens (tertiary/aromatic N) is 1. The van der Waals surface area contributed by atoms with Crippen molar-refractivity contribution in [3.05, 3.63) is 65.7 Å². The topological polar surface area (TPSA) is 83.5 Å². The Morgan fingerprint density at radius 1 is 1.04 bits per heavy atom. The van der Waals surface area contributed by atoms with Gasteiger partial charge < -0.3 is 4.90 Å². The molecule has 0 aromatic heterocycles. The molecule has 0 atom stereocenters. The predicted octanol–water partition coefficient (Wildman–Crippen LogP) is 1.83. The van der Waals surface area contributed by atoms with E-state index < -0.39 is 10.0 Å². The Hall–Kier alpha value is -2.51. The molecule has 2 aromatic rings. The molecule has 1 N–H and O–H groups in total. The Bertz CT molecular complexity index is 864. The normalized spacial score (nSPS) is 11.1. The first kappa shape index (κ1) is 18.8. The summed E-state index contributed by atoms with van der Waals surface area (Å²) in [5.41, 5.74) is 1.26. The molecule has 6 nitrogen and oxygen atoms in total. The molecule has 0 radical (unpaired) electrons. The lowest BCUT2D eigenvalue weighted by molar-refractivity contribution is -0.129. The first-order chi connectivity index (χ1) is 11.8. The van der Waals surface area contributed by atoms with Crippen LogP contribution in [0.15, 0.2) is 59.5 Å². The number of rotatable bonds is 7. The Balaban J connectivity index is 2.00. The molecule has 0 saturated heterocycles. The minimum Gasteiger partial charge on any atom is -0.340 e. The summed E-state index contributed by atoms with van der Waals surface area (Å²) in [6.45, 7) is 1.40. The van der Waals surface area contributed by atoms with Crippen molar-refractivity contribution in [2.45, 2.75) is 18.4 Å². The van der Waals surface area contributed by atoms with Crippen LogP contribution in [-0.4, -0.2) is 38.6 Å². The van der Waals surface area contributed by atoms with E-state index in [9.17, 15) is 18.0 Å². The third-order valence-electron chi connectivity index (χ3n) is 3.65. The van der Waals surface area contributed by atoms with E-state index >= 15 is 0 Å². The first-order valence-corrected chi connectivity index (χ1v) is 9.16. The van der Waals surface area contributed by atoms with Gasteiger partial charge in [0.15, 0.2) is 5.78 Å². The van der Waals surface area contributed by atoms with E-state index in [0.29, 0.717) is 12.1 Å². The summed E-state index contributed by atoms with van der Waals surface area (Å²) in [6, 6.07) is 15.1. The van der Waals surface area contributed by atoms with Crippen molar-refractivity contribution in [1.82, 2.24) is 9.62 Å². The lowest BCUT2D eigenvalue weighted by Gasteiger charge is -2.17. The molecule has 0 saturated carbocycles. The molecule has 0 unspecified atom stereocenters. The first-order valence-electron chi connectivity index (χ1n) is 7.68. The fourth-order valence-electron chi connectivity index (χ4n) is 2.20. The fourth-order valence-corrected chi connectivity index (χ4v) is 3.22. The number of ketones is 1. The van der Waals surface area contributed by atoms with Crippen LogP contribution in [0.5, 0.6) is 0 Å². The number of amides is 1. The van der Waals surface area contributed by atoms with Crippen LogP contribution in [0.2, 0.25) is 0 Å². The second-order valence-electron chi connectivity index (χ2n) is 5.64. The molecule has 132 valence electrons. The third kappa shape index (κ3) is 5.23. The van der Waals surface area contributed by atoms with Gasteiger partial charge in [0.25, 0.3) is 0 Å². The summed E-state index contributed by atoms with van der Waals surface area (Å²) in [6.07, 6.45) is 0. The Labute approximate surface area is 147 Å². The van der Waals surface area contributed by atoms with Crippen molar-refractivity contribution in [2.24, 2.45) is 0 Å². The minimum atomic E-state index is -3.87. The molecule has 25 heavy (non-hydrogen) atoms. The van der Waals surface area contributed by atoms with Gasteiger partial charge in [0, 0.05) is 19.2 Å². The molecule has 0 spiro atoms. The van der Waals surface area contributed by atoms with Gasteiger partial charge in [0.1, 0.15) is 0 Å². The lowest BCUT2D eigenvalue weighted by Crippen LogP contribution is -2.37. The summed E-state index contributed by atoms with van der Waals surface area (Å²) in [4.78, 5) is 24.9. The lowest BCUT2D eigenvalue weighted by atomic mass is 10.2.